The first kappa shape index (κ1) is 19.3. The van der Waals surface area contributed by atoms with Crippen LogP contribution in [-0.2, 0) is 13.1 Å². The number of aliphatic imine (C=N–C) groups is 1. The monoisotopic (exact) mass is 419 g/mol. The fourth-order valence-corrected chi connectivity index (χ4v) is 2.78. The van der Waals surface area contributed by atoms with Gasteiger partial charge in [0.2, 0.25) is 0 Å². The van der Waals surface area contributed by atoms with E-state index in [0.717, 1.165) is 43.9 Å². The molecular formula is C16H30IN5. The predicted molar refractivity (Wildman–Crippen MR) is 103 cm³/mol. The number of hydrogen-bond acceptors (Lipinski definition) is 2. The lowest BCUT2D eigenvalue weighted by Gasteiger charge is -2.32. The number of halogens is 1. The lowest BCUT2D eigenvalue weighted by molar-refractivity contribution is 0.273. The quantitative estimate of drug-likeness (QED) is 0.464. The van der Waals surface area contributed by atoms with Gasteiger partial charge in [0.05, 0.1) is 6.54 Å². The van der Waals surface area contributed by atoms with E-state index in [4.69, 9.17) is 0 Å². The number of aromatic nitrogens is 2. The second-order valence-electron chi connectivity index (χ2n) is 6.46. The molecule has 0 amide bonds. The number of rotatable bonds is 4. The van der Waals surface area contributed by atoms with Gasteiger partial charge in [0.25, 0.3) is 0 Å². The van der Waals surface area contributed by atoms with Crippen LogP contribution in [0.1, 0.15) is 39.4 Å². The van der Waals surface area contributed by atoms with Crippen molar-refractivity contribution in [2.45, 2.75) is 46.7 Å². The molecule has 2 heterocycles. The van der Waals surface area contributed by atoms with Gasteiger partial charge >= 0.3 is 0 Å². The third kappa shape index (κ3) is 5.44. The van der Waals surface area contributed by atoms with E-state index >= 15 is 0 Å². The normalized spacial score (nSPS) is 16.8. The number of hydrogen-bond donors (Lipinski definition) is 1. The van der Waals surface area contributed by atoms with Crippen LogP contribution in [-0.4, -0.2) is 40.5 Å². The van der Waals surface area contributed by atoms with Crippen LogP contribution in [0.5, 0.6) is 0 Å². The summed E-state index contributed by atoms with van der Waals surface area (Å²) in [7, 11) is 1.86. The van der Waals surface area contributed by atoms with E-state index in [2.05, 4.69) is 51.7 Å². The smallest absolute Gasteiger partial charge is 0.194 e. The lowest BCUT2D eigenvalue weighted by atomic mass is 10.00. The van der Waals surface area contributed by atoms with E-state index in [-0.39, 0.29) is 24.0 Å². The Morgan fingerprint density at radius 3 is 2.68 bits per heavy atom. The molecule has 126 valence electrons. The Balaban J connectivity index is 0.00000242. The lowest BCUT2D eigenvalue weighted by Crippen LogP contribution is -2.45. The maximum atomic E-state index is 4.46. The van der Waals surface area contributed by atoms with Crippen molar-refractivity contribution in [1.82, 2.24) is 19.8 Å². The molecule has 0 unspecified atom stereocenters. The van der Waals surface area contributed by atoms with Crippen LogP contribution in [0.25, 0.3) is 0 Å². The first-order valence-corrected chi connectivity index (χ1v) is 8.05. The summed E-state index contributed by atoms with van der Waals surface area (Å²) in [5.74, 6) is 3.54. The number of likely N-dealkylation sites (tertiary alicyclic amines) is 1. The molecule has 2 rings (SSSR count). The molecule has 5 nitrogen and oxygen atoms in total. The minimum atomic E-state index is 0. The standard InChI is InChI=1S/C16H29N5.HI/c1-13(2)12-21-10-7-18-15(21)11-19-16(17-4)20-8-5-14(3)6-9-20;/h7,10,13-14H,5-6,8-9,11-12H2,1-4H3,(H,17,19);1H. The number of nitrogens with one attached hydrogen (secondary N) is 1. The van der Waals surface area contributed by atoms with Crippen LogP contribution in [0, 0.1) is 11.8 Å². The van der Waals surface area contributed by atoms with Crippen molar-refractivity contribution >= 4 is 29.9 Å². The van der Waals surface area contributed by atoms with E-state index in [1.807, 2.05) is 13.2 Å². The molecule has 1 aliphatic rings. The summed E-state index contributed by atoms with van der Waals surface area (Å²) in [5, 5.41) is 3.46. The van der Waals surface area contributed by atoms with Gasteiger partial charge in [-0.05, 0) is 24.7 Å². The van der Waals surface area contributed by atoms with Crippen molar-refractivity contribution in [3.05, 3.63) is 18.2 Å². The predicted octanol–water partition coefficient (Wildman–Crippen LogP) is 2.96. The van der Waals surface area contributed by atoms with Crippen LogP contribution in [0.15, 0.2) is 17.4 Å². The molecule has 1 fully saturated rings. The van der Waals surface area contributed by atoms with Crippen LogP contribution in [0.3, 0.4) is 0 Å². The summed E-state index contributed by atoms with van der Waals surface area (Å²) < 4.78 is 2.23. The van der Waals surface area contributed by atoms with Crippen molar-refractivity contribution < 1.29 is 0 Å². The highest BCUT2D eigenvalue weighted by Gasteiger charge is 2.18. The zero-order chi connectivity index (χ0) is 15.2. The van der Waals surface area contributed by atoms with E-state index < -0.39 is 0 Å². The third-order valence-electron chi connectivity index (χ3n) is 4.06. The Morgan fingerprint density at radius 1 is 1.41 bits per heavy atom. The van der Waals surface area contributed by atoms with Gasteiger partial charge < -0.3 is 14.8 Å². The van der Waals surface area contributed by atoms with Gasteiger partial charge in [-0.1, -0.05) is 20.8 Å². The van der Waals surface area contributed by atoms with Crippen molar-refractivity contribution in [2.24, 2.45) is 16.8 Å². The summed E-state index contributed by atoms with van der Waals surface area (Å²) >= 11 is 0. The van der Waals surface area contributed by atoms with Crippen LogP contribution < -0.4 is 5.32 Å². The number of piperidine rings is 1. The summed E-state index contributed by atoms with van der Waals surface area (Å²) in [6.07, 6.45) is 6.44. The summed E-state index contributed by atoms with van der Waals surface area (Å²) in [6, 6.07) is 0. The summed E-state index contributed by atoms with van der Waals surface area (Å²) in [4.78, 5) is 11.2. The maximum absolute atomic E-state index is 4.46. The molecule has 1 aliphatic heterocycles. The Bertz CT molecular complexity index is 461. The number of guanidine groups is 1. The van der Waals surface area contributed by atoms with Crippen LogP contribution >= 0.6 is 24.0 Å². The van der Waals surface area contributed by atoms with Crippen LogP contribution in [0.2, 0.25) is 0 Å². The molecule has 0 bridgehead atoms. The Kier molecular flexibility index (Phi) is 8.20. The molecule has 1 saturated heterocycles. The fourth-order valence-electron chi connectivity index (χ4n) is 2.78. The first-order valence-electron chi connectivity index (χ1n) is 8.05. The fraction of sp³-hybridized carbons (Fsp3) is 0.750. The first-order chi connectivity index (χ1) is 10.1. The molecule has 6 heteroatoms. The molecule has 0 aliphatic carbocycles. The molecule has 0 aromatic carbocycles. The molecule has 0 spiro atoms. The van der Waals surface area contributed by atoms with Gasteiger partial charge in [-0.15, -0.1) is 24.0 Å². The average Bonchev–Trinajstić information content (AvgIpc) is 2.88. The SMILES string of the molecule is CN=C(NCc1nccn1CC(C)C)N1CCC(C)CC1.I. The molecule has 0 atom stereocenters. The second-order valence-corrected chi connectivity index (χ2v) is 6.46. The highest BCUT2D eigenvalue weighted by atomic mass is 127. The summed E-state index contributed by atoms with van der Waals surface area (Å²) in [6.45, 7) is 10.7. The Labute approximate surface area is 151 Å². The maximum Gasteiger partial charge on any atom is 0.194 e. The van der Waals surface area contributed by atoms with Gasteiger partial charge in [-0.25, -0.2) is 4.98 Å². The highest BCUT2D eigenvalue weighted by Crippen LogP contribution is 2.16. The van der Waals surface area contributed by atoms with E-state index in [0.29, 0.717) is 5.92 Å². The van der Waals surface area contributed by atoms with E-state index in [1.54, 1.807) is 0 Å². The van der Waals surface area contributed by atoms with Gasteiger partial charge in [0, 0.05) is 39.1 Å². The van der Waals surface area contributed by atoms with Crippen molar-refractivity contribution in [1.29, 1.82) is 0 Å². The van der Waals surface area contributed by atoms with E-state index in [9.17, 15) is 0 Å². The van der Waals surface area contributed by atoms with Crippen molar-refractivity contribution in [2.75, 3.05) is 20.1 Å². The van der Waals surface area contributed by atoms with Crippen molar-refractivity contribution in [3.8, 4) is 0 Å². The molecule has 1 aromatic rings. The highest BCUT2D eigenvalue weighted by molar-refractivity contribution is 14.0. The van der Waals surface area contributed by atoms with E-state index in [1.165, 1.54) is 12.8 Å². The topological polar surface area (TPSA) is 45.5 Å². The van der Waals surface area contributed by atoms with Gasteiger partial charge in [-0.2, -0.15) is 0 Å². The second kappa shape index (κ2) is 9.37. The van der Waals surface area contributed by atoms with Crippen molar-refractivity contribution in [3.63, 3.8) is 0 Å². The third-order valence-corrected chi connectivity index (χ3v) is 4.06. The zero-order valence-electron chi connectivity index (χ0n) is 14.2. The summed E-state index contributed by atoms with van der Waals surface area (Å²) in [5.41, 5.74) is 0. The minimum Gasteiger partial charge on any atom is -0.349 e. The number of nitrogens with zero attached hydrogens (tertiary/aromatic N) is 4. The molecule has 1 aromatic heterocycles. The minimum absolute atomic E-state index is 0. The van der Waals surface area contributed by atoms with Crippen LogP contribution in [0.4, 0.5) is 0 Å². The molecule has 0 radical (unpaired) electrons. The zero-order valence-corrected chi connectivity index (χ0v) is 16.6. The van der Waals surface area contributed by atoms with Gasteiger partial charge in [0.1, 0.15) is 5.82 Å². The number of imidazole rings is 1. The molecule has 22 heavy (non-hydrogen) atoms. The Morgan fingerprint density at radius 2 is 2.09 bits per heavy atom. The average molecular weight is 419 g/mol. The van der Waals surface area contributed by atoms with Gasteiger partial charge in [0.15, 0.2) is 5.96 Å². The molecule has 0 saturated carbocycles. The molecular weight excluding hydrogens is 389 g/mol. The van der Waals surface area contributed by atoms with Gasteiger partial charge in [-0.3, -0.25) is 4.99 Å². The largest absolute Gasteiger partial charge is 0.349 e. The Hall–Kier alpha value is -0.790. The molecule has 1 N–H and O–H groups in total.